The molecular formula is C29H17F6IrN2O2-. The molecule has 40 heavy (non-hydrogen) atoms. The van der Waals surface area contributed by atoms with Crippen molar-refractivity contribution >= 4 is 49.3 Å². The van der Waals surface area contributed by atoms with Crippen molar-refractivity contribution < 1.29 is 56.3 Å². The monoisotopic (exact) mass is 732 g/mol. The van der Waals surface area contributed by atoms with E-state index in [1.165, 1.54) is 38.3 Å². The summed E-state index contributed by atoms with van der Waals surface area (Å²) in [5, 5.41) is 14.1. The van der Waals surface area contributed by atoms with Crippen LogP contribution >= 0.6 is 0 Å². The van der Waals surface area contributed by atoms with Gasteiger partial charge in [0, 0.05) is 43.6 Å². The topological polar surface area (TPSA) is 55.1 Å². The molecule has 1 radical (unpaired) electrons. The summed E-state index contributed by atoms with van der Waals surface area (Å²) in [7, 11) is 0. The van der Waals surface area contributed by atoms with Gasteiger partial charge in [-0.25, -0.2) is 0 Å². The molecule has 0 atom stereocenters. The van der Waals surface area contributed by atoms with Crippen molar-refractivity contribution in [1.29, 1.82) is 0 Å². The van der Waals surface area contributed by atoms with Gasteiger partial charge >= 0.3 is 12.4 Å². The van der Waals surface area contributed by atoms with Crippen molar-refractivity contribution in [2.45, 2.75) is 19.3 Å². The number of aliphatic hydroxyl groups excluding tert-OH is 1. The van der Waals surface area contributed by atoms with Crippen LogP contribution in [0.5, 0.6) is 0 Å². The number of benzene rings is 4. The molecule has 2 heterocycles. The maximum absolute atomic E-state index is 11.4. The number of halogens is 6. The molecule has 0 saturated heterocycles. The number of carbonyl (C=O) groups is 1. The molecule has 4 aromatic carbocycles. The molecule has 6 rings (SSSR count). The summed E-state index contributed by atoms with van der Waals surface area (Å²) in [5.74, 6) is -5.34. The Morgan fingerprint density at radius 1 is 0.875 bits per heavy atom. The van der Waals surface area contributed by atoms with E-state index in [4.69, 9.17) is 10.1 Å². The number of fused-ring (bicyclic) bond motifs is 3. The zero-order valence-electron chi connectivity index (χ0n) is 20.4. The number of hydrogen-bond donors (Lipinski definition) is 1. The first kappa shape index (κ1) is 29.0. The molecule has 0 aliphatic rings. The number of pyridine rings is 1. The predicted molar refractivity (Wildman–Crippen MR) is 136 cm³/mol. The van der Waals surface area contributed by atoms with E-state index in [9.17, 15) is 31.1 Å². The normalized spacial score (nSPS) is 12.5. The number of para-hydroxylation sites is 1. The van der Waals surface area contributed by atoms with Crippen molar-refractivity contribution in [2.75, 3.05) is 0 Å². The standard InChI is InChI=1S/C24H15N2.C5H2F6O2.Ir/c1-15-13-19-23-21(14-15)26(16-7-3-2-4-8-16)20-11-5-9-17(22(20)23)18-10-6-12-25-24(18)19;6-4(7,8)2(12)1-3(13)5(9,10)11;/h2-12,14H,1H3;1,12H;/q-1;;/b;2-1-;. The van der Waals surface area contributed by atoms with Crippen LogP contribution in [0.15, 0.2) is 84.8 Å². The molecule has 0 saturated carbocycles. The van der Waals surface area contributed by atoms with Gasteiger partial charge in [0.2, 0.25) is 5.76 Å². The quantitative estimate of drug-likeness (QED) is 0.0644. The van der Waals surface area contributed by atoms with Crippen molar-refractivity contribution in [2.24, 2.45) is 0 Å². The maximum atomic E-state index is 11.4. The van der Waals surface area contributed by atoms with Crippen LogP contribution in [0.3, 0.4) is 0 Å². The van der Waals surface area contributed by atoms with Crippen LogP contribution in [0.4, 0.5) is 26.3 Å². The molecular weight excluding hydrogens is 715 g/mol. The van der Waals surface area contributed by atoms with E-state index in [-0.39, 0.29) is 20.1 Å². The third kappa shape index (κ3) is 5.14. The summed E-state index contributed by atoms with van der Waals surface area (Å²) >= 11 is 0. The third-order valence-corrected chi connectivity index (χ3v) is 6.14. The molecule has 0 amide bonds. The number of rotatable bonds is 2. The van der Waals surface area contributed by atoms with Gasteiger partial charge in [-0.2, -0.15) is 26.3 Å². The first-order valence-electron chi connectivity index (χ1n) is 11.5. The zero-order valence-corrected chi connectivity index (χ0v) is 22.8. The second-order valence-electron chi connectivity index (χ2n) is 8.75. The minimum Gasteiger partial charge on any atom is -0.504 e. The SMILES string of the molecule is Cc1[c-]c2c3ncccc3c3cccc4c3c2c(c1)n4-c1ccccc1.O=C(/C=C(\O)C(F)(F)F)C(F)(F)F.[Ir]. The minimum atomic E-state index is -5.42. The summed E-state index contributed by atoms with van der Waals surface area (Å²) in [6.07, 6.45) is -9.81. The van der Waals surface area contributed by atoms with E-state index in [1.807, 2.05) is 12.3 Å². The number of aliphatic hydroxyl groups is 1. The van der Waals surface area contributed by atoms with E-state index in [0.717, 1.165) is 16.5 Å². The molecule has 207 valence electrons. The van der Waals surface area contributed by atoms with Crippen LogP contribution in [0.1, 0.15) is 5.56 Å². The van der Waals surface area contributed by atoms with Gasteiger partial charge in [0.15, 0.2) is 0 Å². The number of aryl methyl sites for hydroxylation is 1. The summed E-state index contributed by atoms with van der Waals surface area (Å²) < 4.78 is 70.4. The van der Waals surface area contributed by atoms with E-state index in [0.29, 0.717) is 0 Å². The number of nitrogens with zero attached hydrogens (tertiary/aromatic N) is 2. The largest absolute Gasteiger partial charge is 0.504 e. The smallest absolute Gasteiger partial charge is 0.454 e. The average molecular weight is 732 g/mol. The second kappa shape index (κ2) is 10.6. The fraction of sp³-hybridized carbons (Fsp3) is 0.103. The predicted octanol–water partition coefficient (Wildman–Crippen LogP) is 8.15. The summed E-state index contributed by atoms with van der Waals surface area (Å²) in [6.45, 7) is 2.11. The molecule has 4 nitrogen and oxygen atoms in total. The summed E-state index contributed by atoms with van der Waals surface area (Å²) in [4.78, 5) is 14.6. The van der Waals surface area contributed by atoms with Crippen LogP contribution in [0.2, 0.25) is 0 Å². The number of alkyl halides is 6. The number of aromatic nitrogens is 2. The Bertz CT molecular complexity index is 1880. The summed E-state index contributed by atoms with van der Waals surface area (Å²) in [6, 6.07) is 27.2. The van der Waals surface area contributed by atoms with Gasteiger partial charge in [-0.15, -0.1) is 23.1 Å². The van der Waals surface area contributed by atoms with Crippen LogP contribution in [0, 0.1) is 13.0 Å². The fourth-order valence-corrected chi connectivity index (χ4v) is 4.62. The molecule has 6 aromatic rings. The summed E-state index contributed by atoms with van der Waals surface area (Å²) in [5.41, 5.74) is 5.80. The van der Waals surface area contributed by atoms with Crippen LogP contribution in [0.25, 0.3) is 49.2 Å². The van der Waals surface area contributed by atoms with Gasteiger partial charge < -0.3 is 14.7 Å². The van der Waals surface area contributed by atoms with E-state index in [1.54, 1.807) is 0 Å². The molecule has 1 N–H and O–H groups in total. The van der Waals surface area contributed by atoms with Crippen LogP contribution in [-0.2, 0) is 24.9 Å². The Hall–Kier alpha value is -3.95. The van der Waals surface area contributed by atoms with Gasteiger partial charge in [0.25, 0.3) is 5.78 Å². The molecule has 11 heteroatoms. The van der Waals surface area contributed by atoms with Crippen molar-refractivity contribution in [3.8, 4) is 5.69 Å². The Balaban J connectivity index is 0.000000229. The zero-order chi connectivity index (χ0) is 28.1. The van der Waals surface area contributed by atoms with Gasteiger partial charge in [0.1, 0.15) is 0 Å². The van der Waals surface area contributed by atoms with Crippen LogP contribution in [-0.4, -0.2) is 32.8 Å². The van der Waals surface area contributed by atoms with Gasteiger partial charge in [0.05, 0.1) is 0 Å². The maximum Gasteiger partial charge on any atom is 0.454 e. The van der Waals surface area contributed by atoms with Gasteiger partial charge in [-0.05, 0) is 51.5 Å². The van der Waals surface area contributed by atoms with E-state index in [2.05, 4.69) is 78.2 Å². The molecule has 2 aromatic heterocycles. The molecule has 0 spiro atoms. The molecule has 0 aliphatic carbocycles. The van der Waals surface area contributed by atoms with Crippen molar-refractivity contribution in [1.82, 2.24) is 9.55 Å². The molecule has 0 unspecified atom stereocenters. The molecule has 0 bridgehead atoms. The second-order valence-corrected chi connectivity index (χ2v) is 8.75. The Morgan fingerprint density at radius 3 is 2.20 bits per heavy atom. The van der Waals surface area contributed by atoms with Gasteiger partial charge in [-0.3, -0.25) is 4.79 Å². The average Bonchev–Trinajstić information content (AvgIpc) is 3.22. The number of allylic oxidation sites excluding steroid dienone is 2. The van der Waals surface area contributed by atoms with Gasteiger partial charge in [-0.1, -0.05) is 48.7 Å². The minimum absolute atomic E-state index is 0. The Morgan fingerprint density at radius 2 is 1.55 bits per heavy atom. The van der Waals surface area contributed by atoms with E-state index < -0.39 is 30.0 Å². The van der Waals surface area contributed by atoms with Crippen molar-refractivity contribution in [3.63, 3.8) is 0 Å². The Labute approximate surface area is 236 Å². The number of carbonyl (C=O) groups excluding carboxylic acids is 1. The third-order valence-electron chi connectivity index (χ3n) is 6.14. The molecule has 0 aliphatic heterocycles. The van der Waals surface area contributed by atoms with Crippen molar-refractivity contribution in [3.05, 3.63) is 96.4 Å². The van der Waals surface area contributed by atoms with E-state index >= 15 is 0 Å². The first-order valence-corrected chi connectivity index (χ1v) is 11.5. The Kier molecular flexibility index (Phi) is 7.66. The molecule has 0 fully saturated rings. The fourth-order valence-electron chi connectivity index (χ4n) is 4.62. The van der Waals surface area contributed by atoms with Crippen LogP contribution < -0.4 is 0 Å². The first-order chi connectivity index (χ1) is 18.4. The number of ketones is 1. The number of hydrogen-bond acceptors (Lipinski definition) is 3.